The monoisotopic (exact) mass is 293 g/mol. The number of likely N-dealkylation sites (tertiary alicyclic amines) is 1. The number of anilines is 1. The Morgan fingerprint density at radius 1 is 1.50 bits per heavy atom. The Kier molecular flexibility index (Phi) is 4.03. The van der Waals surface area contributed by atoms with E-state index in [1.807, 2.05) is 0 Å². The lowest BCUT2D eigenvalue weighted by atomic mass is 9.97. The van der Waals surface area contributed by atoms with Crippen molar-refractivity contribution in [3.8, 4) is 0 Å². The minimum Gasteiger partial charge on any atom is -0.449 e. The Hall–Kier alpha value is -1.80. The predicted octanol–water partition coefficient (Wildman–Crippen LogP) is 1.34. The summed E-state index contributed by atoms with van der Waals surface area (Å²) in [5.74, 6) is 1.13. The topological polar surface area (TPSA) is 84.2 Å². The predicted molar refractivity (Wildman–Crippen MR) is 73.5 cm³/mol. The van der Waals surface area contributed by atoms with Gasteiger partial charge in [-0.05, 0) is 25.9 Å². The van der Waals surface area contributed by atoms with Crippen LogP contribution in [0.5, 0.6) is 0 Å². The maximum Gasteiger partial charge on any atom is 0.240 e. The van der Waals surface area contributed by atoms with Crippen LogP contribution < -0.4 is 5.32 Å². The summed E-state index contributed by atoms with van der Waals surface area (Å²) >= 11 is 1.32. The van der Waals surface area contributed by atoms with Gasteiger partial charge in [0.15, 0.2) is 5.89 Å². The van der Waals surface area contributed by atoms with Crippen molar-refractivity contribution in [2.45, 2.75) is 18.8 Å². The van der Waals surface area contributed by atoms with Gasteiger partial charge in [0, 0.05) is 5.92 Å². The average molecular weight is 293 g/mol. The van der Waals surface area contributed by atoms with Gasteiger partial charge in [-0.2, -0.15) is 0 Å². The second kappa shape index (κ2) is 6.10. The molecule has 0 unspecified atom stereocenters. The fourth-order valence-corrected chi connectivity index (χ4v) is 2.82. The molecule has 1 saturated heterocycles. The molecule has 1 N–H and O–H groups in total. The van der Waals surface area contributed by atoms with Crippen LogP contribution in [0.1, 0.15) is 24.7 Å². The van der Waals surface area contributed by atoms with Crippen LogP contribution in [-0.4, -0.2) is 45.6 Å². The molecular weight excluding hydrogens is 278 g/mol. The van der Waals surface area contributed by atoms with Crippen LogP contribution in [0.25, 0.3) is 0 Å². The molecule has 1 fully saturated rings. The minimum atomic E-state index is -0.0451. The van der Waals surface area contributed by atoms with E-state index in [4.69, 9.17) is 4.42 Å². The Labute approximate surface area is 120 Å². The molecule has 0 saturated carbocycles. The number of aromatic nitrogens is 3. The molecule has 20 heavy (non-hydrogen) atoms. The third kappa shape index (κ3) is 3.20. The molecule has 106 valence electrons. The number of nitrogens with zero attached hydrogens (tertiary/aromatic N) is 4. The Morgan fingerprint density at radius 2 is 2.35 bits per heavy atom. The summed E-state index contributed by atoms with van der Waals surface area (Å²) in [5, 5.41) is 10.8. The number of oxazole rings is 1. The van der Waals surface area contributed by atoms with Crippen molar-refractivity contribution in [3.63, 3.8) is 0 Å². The summed E-state index contributed by atoms with van der Waals surface area (Å²) in [7, 11) is 0. The van der Waals surface area contributed by atoms with Crippen LogP contribution >= 0.6 is 11.3 Å². The molecule has 0 bridgehead atoms. The maximum absolute atomic E-state index is 11.8. The molecule has 0 radical (unpaired) electrons. The van der Waals surface area contributed by atoms with E-state index in [0.717, 1.165) is 31.8 Å². The zero-order valence-corrected chi connectivity index (χ0v) is 11.7. The number of amides is 1. The first-order chi connectivity index (χ1) is 9.81. The third-order valence-electron chi connectivity index (χ3n) is 3.36. The van der Waals surface area contributed by atoms with Crippen LogP contribution in [-0.2, 0) is 4.79 Å². The van der Waals surface area contributed by atoms with E-state index in [2.05, 4.69) is 25.4 Å². The lowest BCUT2D eigenvalue weighted by Crippen LogP contribution is -2.38. The first-order valence-corrected chi connectivity index (χ1v) is 7.37. The molecule has 0 spiro atoms. The summed E-state index contributed by atoms with van der Waals surface area (Å²) in [6, 6.07) is 0. The van der Waals surface area contributed by atoms with Crippen molar-refractivity contribution < 1.29 is 9.21 Å². The maximum atomic E-state index is 11.8. The molecule has 3 rings (SSSR count). The zero-order chi connectivity index (χ0) is 13.8. The second-order valence-electron chi connectivity index (χ2n) is 4.71. The minimum absolute atomic E-state index is 0.0451. The first kappa shape index (κ1) is 13.2. The summed E-state index contributed by atoms with van der Waals surface area (Å²) in [4.78, 5) is 18.2. The molecular formula is C12H15N5O2S. The number of carbonyl (C=O) groups is 1. The van der Waals surface area contributed by atoms with Gasteiger partial charge in [0.1, 0.15) is 11.8 Å². The highest BCUT2D eigenvalue weighted by Gasteiger charge is 2.24. The molecule has 2 aromatic heterocycles. The SMILES string of the molecule is O=C(CN1CCC(c2ncco2)CC1)Nc1nncs1. The van der Waals surface area contributed by atoms with Crippen molar-refractivity contribution in [2.75, 3.05) is 25.0 Å². The van der Waals surface area contributed by atoms with E-state index in [0.29, 0.717) is 17.6 Å². The number of nitrogens with one attached hydrogen (secondary N) is 1. The molecule has 8 heteroatoms. The second-order valence-corrected chi connectivity index (χ2v) is 5.55. The number of hydrogen-bond donors (Lipinski definition) is 1. The van der Waals surface area contributed by atoms with Crippen LogP contribution in [0.2, 0.25) is 0 Å². The van der Waals surface area contributed by atoms with Gasteiger partial charge in [0.05, 0.1) is 12.7 Å². The number of piperidine rings is 1. The zero-order valence-electron chi connectivity index (χ0n) is 10.9. The van der Waals surface area contributed by atoms with Crippen LogP contribution in [0, 0.1) is 0 Å². The molecule has 2 aromatic rings. The molecule has 0 atom stereocenters. The van der Waals surface area contributed by atoms with Crippen LogP contribution in [0.4, 0.5) is 5.13 Å². The van der Waals surface area contributed by atoms with Gasteiger partial charge in [-0.15, -0.1) is 10.2 Å². The normalized spacial score (nSPS) is 17.2. The van der Waals surface area contributed by atoms with Crippen LogP contribution in [0.3, 0.4) is 0 Å². The molecule has 7 nitrogen and oxygen atoms in total. The smallest absolute Gasteiger partial charge is 0.240 e. The lowest BCUT2D eigenvalue weighted by Gasteiger charge is -2.29. The van der Waals surface area contributed by atoms with Crippen molar-refractivity contribution in [3.05, 3.63) is 23.9 Å². The van der Waals surface area contributed by atoms with Crippen molar-refractivity contribution >= 4 is 22.4 Å². The van der Waals surface area contributed by atoms with Gasteiger partial charge in [0.2, 0.25) is 11.0 Å². The van der Waals surface area contributed by atoms with Crippen LogP contribution in [0.15, 0.2) is 22.4 Å². The van der Waals surface area contributed by atoms with E-state index in [9.17, 15) is 4.79 Å². The Morgan fingerprint density at radius 3 is 3.00 bits per heavy atom. The third-order valence-corrected chi connectivity index (χ3v) is 3.97. The highest BCUT2D eigenvalue weighted by atomic mass is 32.1. The van der Waals surface area contributed by atoms with Gasteiger partial charge in [-0.25, -0.2) is 4.98 Å². The quantitative estimate of drug-likeness (QED) is 0.916. The fraction of sp³-hybridized carbons (Fsp3) is 0.500. The van der Waals surface area contributed by atoms with E-state index in [1.54, 1.807) is 18.0 Å². The first-order valence-electron chi connectivity index (χ1n) is 6.49. The average Bonchev–Trinajstić information content (AvgIpc) is 3.12. The molecule has 3 heterocycles. The Bertz CT molecular complexity index is 534. The number of carbonyl (C=O) groups excluding carboxylic acids is 1. The summed E-state index contributed by atoms with van der Waals surface area (Å²) in [5.41, 5.74) is 1.59. The van der Waals surface area contributed by atoms with E-state index in [1.165, 1.54) is 11.3 Å². The van der Waals surface area contributed by atoms with E-state index < -0.39 is 0 Å². The molecule has 1 amide bonds. The molecule has 0 aromatic carbocycles. The fourth-order valence-electron chi connectivity index (χ4n) is 2.36. The van der Waals surface area contributed by atoms with E-state index >= 15 is 0 Å². The molecule has 1 aliphatic rings. The lowest BCUT2D eigenvalue weighted by molar-refractivity contribution is -0.117. The van der Waals surface area contributed by atoms with Crippen molar-refractivity contribution in [1.82, 2.24) is 20.1 Å². The standard InChI is InChI=1S/C12H15N5O2S/c18-10(15-12-16-14-8-20-12)7-17-4-1-9(2-5-17)11-13-3-6-19-11/h3,6,8-9H,1-2,4-5,7H2,(H,15,16,18). The number of rotatable bonds is 4. The Balaban J connectivity index is 1.45. The highest BCUT2D eigenvalue weighted by Crippen LogP contribution is 2.26. The van der Waals surface area contributed by atoms with E-state index in [-0.39, 0.29) is 5.91 Å². The summed E-state index contributed by atoms with van der Waals surface area (Å²) < 4.78 is 5.34. The summed E-state index contributed by atoms with van der Waals surface area (Å²) in [6.07, 6.45) is 5.22. The van der Waals surface area contributed by atoms with Crippen molar-refractivity contribution in [2.24, 2.45) is 0 Å². The van der Waals surface area contributed by atoms with Gasteiger partial charge in [-0.1, -0.05) is 11.3 Å². The van der Waals surface area contributed by atoms with Gasteiger partial charge < -0.3 is 4.42 Å². The highest BCUT2D eigenvalue weighted by molar-refractivity contribution is 7.13. The summed E-state index contributed by atoms with van der Waals surface area (Å²) in [6.45, 7) is 2.13. The van der Waals surface area contributed by atoms with Gasteiger partial charge in [0.25, 0.3) is 0 Å². The molecule has 0 aliphatic carbocycles. The van der Waals surface area contributed by atoms with Gasteiger partial charge in [-0.3, -0.25) is 15.0 Å². The number of hydrogen-bond acceptors (Lipinski definition) is 7. The van der Waals surface area contributed by atoms with Crippen molar-refractivity contribution in [1.29, 1.82) is 0 Å². The molecule has 1 aliphatic heterocycles. The largest absolute Gasteiger partial charge is 0.449 e. The van der Waals surface area contributed by atoms with Gasteiger partial charge >= 0.3 is 0 Å².